The van der Waals surface area contributed by atoms with E-state index in [-0.39, 0.29) is 61.2 Å². The average molecular weight is 1220 g/mol. The van der Waals surface area contributed by atoms with Gasteiger partial charge in [-0.05, 0) is 120 Å². The van der Waals surface area contributed by atoms with Crippen LogP contribution in [0.5, 0.6) is 23.0 Å². The summed E-state index contributed by atoms with van der Waals surface area (Å²) in [4.78, 5) is 83.4. The Kier molecular flexibility index (Phi) is 18.9. The van der Waals surface area contributed by atoms with Crippen LogP contribution in [0.25, 0.3) is 22.3 Å². The van der Waals surface area contributed by atoms with E-state index < -0.39 is 30.0 Å². The smallest absolute Gasteiger partial charge is 0.407 e. The molecule has 5 atom stereocenters. The fraction of sp³-hybridized carbons (Fsp3) is 0.347. The molecule has 1 fully saturated rings. The van der Waals surface area contributed by atoms with Gasteiger partial charge in [-0.15, -0.1) is 0 Å². The molecule has 5 unspecified atom stereocenters. The second-order valence-electron chi connectivity index (χ2n) is 24.1. The molecule has 6 aromatic rings. The van der Waals surface area contributed by atoms with Crippen molar-refractivity contribution >= 4 is 75.9 Å². The third kappa shape index (κ3) is 13.7. The predicted octanol–water partition coefficient (Wildman–Crippen LogP) is 11.9. The molecule has 3 heterocycles. The zero-order valence-electron chi connectivity index (χ0n) is 52.3. The number of nitrogens with zero attached hydrogens (tertiary/aromatic N) is 5. The van der Waals surface area contributed by atoms with E-state index in [9.17, 15) is 24.0 Å². The molecule has 466 valence electrons. The second kappa shape index (κ2) is 27.5. The number of hydrogen-bond acceptors (Lipinski definition) is 14. The van der Waals surface area contributed by atoms with Crippen LogP contribution in [-0.4, -0.2) is 137 Å². The number of likely N-dealkylation sites (N-methyl/N-ethyl adjacent to an activating group) is 1. The molecule has 0 aromatic heterocycles. The van der Waals surface area contributed by atoms with Gasteiger partial charge < -0.3 is 54.3 Å². The van der Waals surface area contributed by atoms with Gasteiger partial charge in [-0.2, -0.15) is 0 Å². The molecule has 5 aliphatic rings. The van der Waals surface area contributed by atoms with Crippen molar-refractivity contribution in [2.45, 2.75) is 77.9 Å². The SMILES string of the molecule is COc1cc(C(C)=O)c(N=CC2CC(c3ccc(NC(=O)C(C)NC(=O)C(NC(=O)OCC4c5ccccc5-c5ccccc54)C(C)C)cc3)=CC2C)cc1OCCCOc1cc2c(cc1OC)C(=O)N1C=C(c3ccc(N4CCN(C)CC4)cc3)CC1C=N2. The molecule has 3 N–H and O–H groups in total. The Hall–Kier alpha value is -9.55. The van der Waals surface area contributed by atoms with Crippen LogP contribution in [0, 0.1) is 17.8 Å². The number of fused-ring (bicyclic) bond motifs is 5. The monoisotopic (exact) mass is 1210 g/mol. The highest BCUT2D eigenvalue weighted by Gasteiger charge is 2.35. The minimum absolute atomic E-state index is 0.0252. The molecule has 11 rings (SSSR count). The second-order valence-corrected chi connectivity index (χ2v) is 24.1. The number of carbonyl (C=O) groups excluding carboxylic acids is 5. The Morgan fingerprint density at radius 2 is 1.36 bits per heavy atom. The maximum absolute atomic E-state index is 14.1. The van der Waals surface area contributed by atoms with Crippen LogP contribution < -0.4 is 39.8 Å². The number of rotatable bonds is 22. The lowest BCUT2D eigenvalue weighted by molar-refractivity contribution is -0.128. The van der Waals surface area contributed by atoms with E-state index in [1.54, 1.807) is 43.2 Å². The topological polar surface area (TPSA) is 202 Å². The Morgan fingerprint density at radius 3 is 2.01 bits per heavy atom. The molecule has 4 amide bonds. The van der Waals surface area contributed by atoms with Gasteiger partial charge in [0, 0.05) is 98.6 Å². The molecule has 0 radical (unpaired) electrons. The minimum Gasteiger partial charge on any atom is -0.493 e. The molecule has 1 saturated heterocycles. The molecular weight excluding hydrogens is 1140 g/mol. The average Bonchev–Trinajstić information content (AvgIpc) is 1.64. The normalized spacial score (nSPS) is 18.4. The van der Waals surface area contributed by atoms with Crippen LogP contribution in [0.4, 0.5) is 27.5 Å². The third-order valence-corrected chi connectivity index (χ3v) is 17.6. The standard InChI is InChI=1S/C72H78N8O10/c1-43(2)68(77-72(85)90-42-61-57-16-11-9-14-55(57)56-15-10-12-17-58(56)61)70(83)75-45(4)69(82)76-52-22-18-47(19-23-52)49-32-44(3)50(33-49)39-73-62-37-66(64(86-7)35-59(62)46(5)81)88-30-13-31-89-67-38-63-60(36-65(67)87-8)71(84)80-41-51(34-54(80)40-74-63)48-20-24-53(25-21-48)79-28-26-78(6)27-29-79/h9-12,14-25,32,35-41,43-45,50,54,61,68H,13,26-31,33-34,42H2,1-8H3,(H,75,83)(H,76,82)(H,77,85). The number of benzene rings is 6. The number of aliphatic imine (C=N–C) groups is 2. The summed E-state index contributed by atoms with van der Waals surface area (Å²) in [5, 5.41) is 8.40. The molecule has 2 aliphatic carbocycles. The quantitative estimate of drug-likeness (QED) is 0.0330. The van der Waals surface area contributed by atoms with Crippen molar-refractivity contribution in [1.82, 2.24) is 20.4 Å². The zero-order chi connectivity index (χ0) is 63.2. The number of nitrogens with one attached hydrogen (secondary N) is 3. The first-order chi connectivity index (χ1) is 43.5. The van der Waals surface area contributed by atoms with Crippen LogP contribution in [0.2, 0.25) is 0 Å². The maximum Gasteiger partial charge on any atom is 0.407 e. The lowest BCUT2D eigenvalue weighted by atomic mass is 9.97. The van der Waals surface area contributed by atoms with E-state index in [4.69, 9.17) is 33.7 Å². The first kappa shape index (κ1) is 62.1. The summed E-state index contributed by atoms with van der Waals surface area (Å²) < 4.78 is 29.6. The van der Waals surface area contributed by atoms with Crippen molar-refractivity contribution in [1.29, 1.82) is 0 Å². The number of carbonyl (C=O) groups is 5. The van der Waals surface area contributed by atoms with Crippen LogP contribution >= 0.6 is 0 Å². The van der Waals surface area contributed by atoms with Crippen molar-refractivity contribution in [2.24, 2.45) is 27.7 Å². The summed E-state index contributed by atoms with van der Waals surface area (Å²) in [6.07, 6.45) is 8.98. The maximum atomic E-state index is 14.1. The van der Waals surface area contributed by atoms with E-state index in [1.165, 1.54) is 19.7 Å². The van der Waals surface area contributed by atoms with Crippen molar-refractivity contribution in [3.8, 4) is 34.1 Å². The fourth-order valence-corrected chi connectivity index (χ4v) is 12.4. The Morgan fingerprint density at radius 1 is 0.722 bits per heavy atom. The molecule has 6 aromatic carbocycles. The van der Waals surface area contributed by atoms with Crippen LogP contribution in [-0.2, 0) is 14.3 Å². The van der Waals surface area contributed by atoms with Gasteiger partial charge in [-0.25, -0.2) is 4.79 Å². The van der Waals surface area contributed by atoms with Crippen LogP contribution in [0.15, 0.2) is 144 Å². The van der Waals surface area contributed by atoms with E-state index in [1.807, 2.05) is 93.1 Å². The molecule has 90 heavy (non-hydrogen) atoms. The van der Waals surface area contributed by atoms with E-state index in [2.05, 4.69) is 82.2 Å². The van der Waals surface area contributed by atoms with Gasteiger partial charge in [-0.3, -0.25) is 29.2 Å². The lowest BCUT2D eigenvalue weighted by Crippen LogP contribution is -2.53. The first-order valence-corrected chi connectivity index (χ1v) is 30.9. The molecule has 18 nitrogen and oxygen atoms in total. The predicted molar refractivity (Wildman–Crippen MR) is 351 cm³/mol. The first-order valence-electron chi connectivity index (χ1n) is 30.9. The van der Waals surface area contributed by atoms with Crippen LogP contribution in [0.3, 0.4) is 0 Å². The Labute approximate surface area is 526 Å². The number of methoxy groups -OCH3 is 2. The van der Waals surface area contributed by atoms with Crippen molar-refractivity contribution < 1.29 is 47.7 Å². The highest BCUT2D eigenvalue weighted by Crippen LogP contribution is 2.45. The third-order valence-electron chi connectivity index (χ3n) is 17.6. The van der Waals surface area contributed by atoms with Gasteiger partial charge in [0.25, 0.3) is 5.91 Å². The summed E-state index contributed by atoms with van der Waals surface area (Å²) >= 11 is 0. The molecule has 0 saturated carbocycles. The van der Waals surface area contributed by atoms with Crippen molar-refractivity contribution in [3.05, 3.63) is 167 Å². The number of ether oxygens (including phenoxy) is 5. The van der Waals surface area contributed by atoms with Gasteiger partial charge in [0.1, 0.15) is 18.7 Å². The molecule has 0 bridgehead atoms. The van der Waals surface area contributed by atoms with E-state index >= 15 is 0 Å². The highest BCUT2D eigenvalue weighted by atomic mass is 16.5. The highest BCUT2D eigenvalue weighted by molar-refractivity contribution is 6.06. The number of Topliss-reactive ketones (excluding diaryl/α,β-unsaturated/α-hetero) is 1. The molecular formula is C72H78N8O10. The fourth-order valence-electron chi connectivity index (χ4n) is 12.4. The largest absolute Gasteiger partial charge is 0.493 e. The lowest BCUT2D eigenvalue weighted by Gasteiger charge is -2.34. The minimum atomic E-state index is -0.944. The summed E-state index contributed by atoms with van der Waals surface area (Å²) in [5.41, 5.74) is 12.2. The van der Waals surface area contributed by atoms with Gasteiger partial charge in [-0.1, -0.05) is 99.6 Å². The Bertz CT molecular complexity index is 3770. The van der Waals surface area contributed by atoms with Gasteiger partial charge >= 0.3 is 6.09 Å². The number of allylic oxidation sites excluding steroid dienone is 2. The number of piperazine rings is 1. The van der Waals surface area contributed by atoms with Crippen molar-refractivity contribution in [3.63, 3.8) is 0 Å². The number of hydrogen-bond donors (Lipinski definition) is 3. The number of alkyl carbamates (subject to hydrolysis) is 1. The molecule has 3 aliphatic heterocycles. The van der Waals surface area contributed by atoms with Crippen LogP contribution in [0.1, 0.15) is 103 Å². The number of amides is 4. The molecule has 18 heteroatoms. The van der Waals surface area contributed by atoms with E-state index in [0.717, 1.165) is 70.7 Å². The number of anilines is 2. The summed E-state index contributed by atoms with van der Waals surface area (Å²) in [6.45, 7) is 13.5. The summed E-state index contributed by atoms with van der Waals surface area (Å²) in [6, 6.07) is 37.1. The Balaban J connectivity index is 0.648. The van der Waals surface area contributed by atoms with Gasteiger partial charge in [0.15, 0.2) is 28.8 Å². The molecule has 0 spiro atoms. The zero-order valence-corrected chi connectivity index (χ0v) is 52.3. The van der Waals surface area contributed by atoms with Gasteiger partial charge in [0.05, 0.1) is 50.4 Å². The number of ketones is 1. The van der Waals surface area contributed by atoms with E-state index in [0.29, 0.717) is 70.4 Å². The summed E-state index contributed by atoms with van der Waals surface area (Å²) in [5.74, 6) is 0.173. The van der Waals surface area contributed by atoms with Gasteiger partial charge in [0.2, 0.25) is 11.8 Å². The van der Waals surface area contributed by atoms with Crippen molar-refractivity contribution in [2.75, 3.05) is 77.5 Å². The summed E-state index contributed by atoms with van der Waals surface area (Å²) in [7, 11) is 5.23.